The van der Waals surface area contributed by atoms with Gasteiger partial charge in [-0.15, -0.1) is 0 Å². The third kappa shape index (κ3) is 5.47. The molecule has 0 spiro atoms. The Hall–Kier alpha value is -2.53. The molecule has 2 N–H and O–H groups in total. The molecule has 0 aliphatic rings. The van der Waals surface area contributed by atoms with E-state index in [1.165, 1.54) is 5.56 Å². The van der Waals surface area contributed by atoms with Crippen LogP contribution in [0.2, 0.25) is 0 Å². The molecule has 27 heavy (non-hydrogen) atoms. The number of carbonyl (C=O) groups excluding carboxylic acids is 1. The molecule has 1 unspecified atom stereocenters. The quantitative estimate of drug-likeness (QED) is 0.750. The molecule has 0 fully saturated rings. The molecule has 0 aliphatic heterocycles. The van der Waals surface area contributed by atoms with E-state index in [2.05, 4.69) is 31.3 Å². The fourth-order valence-corrected chi connectivity index (χ4v) is 2.88. The zero-order valence-electron chi connectivity index (χ0n) is 17.1. The zero-order chi connectivity index (χ0) is 20.0. The normalized spacial score (nSPS) is 13.1. The number of anilines is 1. The third-order valence-electron chi connectivity index (χ3n) is 4.94. The Labute approximate surface area is 162 Å². The van der Waals surface area contributed by atoms with Gasteiger partial charge in [0.15, 0.2) is 6.04 Å². The van der Waals surface area contributed by atoms with Gasteiger partial charge < -0.3 is 19.7 Å². The number of methoxy groups -OCH3 is 2. The molecular formula is C22H31N2O3+. The van der Waals surface area contributed by atoms with E-state index in [0.29, 0.717) is 12.5 Å². The fraction of sp³-hybridized carbons (Fsp3) is 0.409. The van der Waals surface area contributed by atoms with E-state index in [9.17, 15) is 4.79 Å². The molecular weight excluding hydrogens is 340 g/mol. The number of likely N-dealkylation sites (N-methyl/N-ethyl adjacent to an activating group) is 1. The minimum Gasteiger partial charge on any atom is -0.497 e. The van der Waals surface area contributed by atoms with Crippen molar-refractivity contribution in [3.05, 3.63) is 53.6 Å². The molecule has 2 rings (SSSR count). The molecule has 0 aliphatic carbocycles. The lowest BCUT2D eigenvalue weighted by Crippen LogP contribution is -3.12. The number of hydrogen-bond acceptors (Lipinski definition) is 3. The third-order valence-corrected chi connectivity index (χ3v) is 4.94. The van der Waals surface area contributed by atoms with Gasteiger partial charge in [0.2, 0.25) is 0 Å². The van der Waals surface area contributed by atoms with Gasteiger partial charge in [-0.05, 0) is 42.7 Å². The van der Waals surface area contributed by atoms with Gasteiger partial charge in [0.1, 0.15) is 18.0 Å². The molecule has 0 aromatic heterocycles. The number of carbonyl (C=O) groups is 1. The van der Waals surface area contributed by atoms with Gasteiger partial charge >= 0.3 is 0 Å². The van der Waals surface area contributed by atoms with E-state index < -0.39 is 0 Å². The first-order valence-electron chi connectivity index (χ1n) is 9.29. The van der Waals surface area contributed by atoms with Crippen LogP contribution >= 0.6 is 0 Å². The van der Waals surface area contributed by atoms with Crippen molar-refractivity contribution in [3.63, 3.8) is 0 Å². The van der Waals surface area contributed by atoms with Gasteiger partial charge in [-0.2, -0.15) is 0 Å². The molecule has 2 atom stereocenters. The maximum atomic E-state index is 12.6. The highest BCUT2D eigenvalue weighted by atomic mass is 16.5. The van der Waals surface area contributed by atoms with Crippen molar-refractivity contribution in [1.29, 1.82) is 0 Å². The summed E-state index contributed by atoms with van der Waals surface area (Å²) in [4.78, 5) is 13.7. The van der Waals surface area contributed by atoms with Crippen LogP contribution in [0.25, 0.3) is 0 Å². The van der Waals surface area contributed by atoms with Crippen LogP contribution in [-0.2, 0) is 11.3 Å². The van der Waals surface area contributed by atoms with Crippen LogP contribution in [0.1, 0.15) is 37.8 Å². The number of nitrogens with one attached hydrogen (secondary N) is 2. The second-order valence-electron chi connectivity index (χ2n) is 7.19. The maximum Gasteiger partial charge on any atom is 0.282 e. The summed E-state index contributed by atoms with van der Waals surface area (Å²) >= 11 is 0. The lowest BCUT2D eigenvalue weighted by atomic mass is 10.0. The maximum absolute atomic E-state index is 12.6. The fourth-order valence-electron chi connectivity index (χ4n) is 2.88. The highest BCUT2D eigenvalue weighted by molar-refractivity contribution is 5.93. The number of quaternary nitrogens is 1. The summed E-state index contributed by atoms with van der Waals surface area (Å²) in [6.45, 7) is 6.92. The minimum atomic E-state index is -0.207. The Kier molecular flexibility index (Phi) is 7.25. The van der Waals surface area contributed by atoms with Crippen molar-refractivity contribution >= 4 is 11.6 Å². The first-order chi connectivity index (χ1) is 12.8. The molecule has 146 valence electrons. The van der Waals surface area contributed by atoms with Crippen LogP contribution in [0.15, 0.2) is 42.5 Å². The molecule has 5 heteroatoms. The van der Waals surface area contributed by atoms with E-state index in [-0.39, 0.29) is 11.9 Å². The summed E-state index contributed by atoms with van der Waals surface area (Å²) in [5.74, 6) is 2.00. The minimum absolute atomic E-state index is 0.00252. The Bertz CT molecular complexity index is 757. The predicted molar refractivity (Wildman–Crippen MR) is 109 cm³/mol. The number of benzene rings is 2. The van der Waals surface area contributed by atoms with Crippen LogP contribution < -0.4 is 19.7 Å². The molecule has 0 radical (unpaired) electrons. The van der Waals surface area contributed by atoms with Crippen LogP contribution in [0.5, 0.6) is 11.5 Å². The van der Waals surface area contributed by atoms with Crippen molar-refractivity contribution in [1.82, 2.24) is 0 Å². The standard InChI is InChI=1S/C22H30N2O3/c1-15(2)17-7-10-19(11-8-17)23-22(25)16(3)24(4)14-18-9-12-20(26-5)13-21(18)27-6/h7-13,15-16H,14H2,1-6H3,(H,23,25)/p+1/t16-/m1/s1. The van der Waals surface area contributed by atoms with Gasteiger partial charge in [0.25, 0.3) is 5.91 Å². The summed E-state index contributed by atoms with van der Waals surface area (Å²) in [6.07, 6.45) is 0. The second-order valence-corrected chi connectivity index (χ2v) is 7.19. The predicted octanol–water partition coefficient (Wildman–Crippen LogP) is 2.87. The Balaban J connectivity index is 2.01. The summed E-state index contributed by atoms with van der Waals surface area (Å²) < 4.78 is 10.7. The lowest BCUT2D eigenvalue weighted by Gasteiger charge is -2.22. The molecule has 0 saturated heterocycles. The van der Waals surface area contributed by atoms with Crippen LogP contribution in [0.4, 0.5) is 5.69 Å². The summed E-state index contributed by atoms with van der Waals surface area (Å²) in [6, 6.07) is 13.6. The van der Waals surface area contributed by atoms with Crippen molar-refractivity contribution in [2.45, 2.75) is 39.3 Å². The first kappa shape index (κ1) is 20.8. The van der Waals surface area contributed by atoms with Gasteiger partial charge in [-0.3, -0.25) is 4.79 Å². The van der Waals surface area contributed by atoms with E-state index in [4.69, 9.17) is 9.47 Å². The van der Waals surface area contributed by atoms with E-state index >= 15 is 0 Å². The largest absolute Gasteiger partial charge is 0.497 e. The number of rotatable bonds is 8. The van der Waals surface area contributed by atoms with E-state index in [1.807, 2.05) is 44.3 Å². The van der Waals surface area contributed by atoms with Crippen LogP contribution in [0, 0.1) is 0 Å². The van der Waals surface area contributed by atoms with Gasteiger partial charge in [0.05, 0.1) is 21.3 Å². The molecule has 0 heterocycles. The van der Waals surface area contributed by atoms with E-state index in [1.54, 1.807) is 14.2 Å². The van der Waals surface area contributed by atoms with E-state index in [0.717, 1.165) is 27.6 Å². The first-order valence-corrected chi connectivity index (χ1v) is 9.29. The molecule has 1 amide bonds. The second kappa shape index (κ2) is 9.42. The molecule has 2 aromatic carbocycles. The van der Waals surface area contributed by atoms with Crippen molar-refractivity contribution < 1.29 is 19.2 Å². The summed E-state index contributed by atoms with van der Waals surface area (Å²) in [5, 5.41) is 3.01. The monoisotopic (exact) mass is 371 g/mol. The molecule has 0 bridgehead atoms. The van der Waals surface area contributed by atoms with Crippen molar-refractivity contribution in [2.75, 3.05) is 26.6 Å². The van der Waals surface area contributed by atoms with Crippen molar-refractivity contribution in [3.8, 4) is 11.5 Å². The van der Waals surface area contributed by atoms with Gasteiger partial charge in [0, 0.05) is 17.3 Å². The smallest absolute Gasteiger partial charge is 0.282 e. The zero-order valence-corrected chi connectivity index (χ0v) is 17.1. The van der Waals surface area contributed by atoms with Crippen LogP contribution in [-0.4, -0.2) is 33.2 Å². The molecule has 2 aromatic rings. The topological polar surface area (TPSA) is 52.0 Å². The van der Waals surface area contributed by atoms with Crippen molar-refractivity contribution in [2.24, 2.45) is 0 Å². The van der Waals surface area contributed by atoms with Gasteiger partial charge in [-0.1, -0.05) is 26.0 Å². The number of hydrogen-bond donors (Lipinski definition) is 2. The SMILES string of the molecule is COc1ccc(C[NH+](C)[C@H](C)C(=O)Nc2ccc(C(C)C)cc2)c(OC)c1. The lowest BCUT2D eigenvalue weighted by molar-refractivity contribution is -0.907. The van der Waals surface area contributed by atoms with Gasteiger partial charge in [-0.25, -0.2) is 0 Å². The Morgan fingerprint density at radius 1 is 1.04 bits per heavy atom. The van der Waals surface area contributed by atoms with Crippen LogP contribution in [0.3, 0.4) is 0 Å². The highest BCUT2D eigenvalue weighted by Crippen LogP contribution is 2.24. The summed E-state index contributed by atoms with van der Waals surface area (Å²) in [5.41, 5.74) is 3.12. The molecule has 5 nitrogen and oxygen atoms in total. The highest BCUT2D eigenvalue weighted by Gasteiger charge is 2.23. The average Bonchev–Trinajstić information content (AvgIpc) is 2.67. The number of ether oxygens (including phenoxy) is 2. The number of amides is 1. The molecule has 0 saturated carbocycles. The Morgan fingerprint density at radius 2 is 1.70 bits per heavy atom. The average molecular weight is 372 g/mol. The Morgan fingerprint density at radius 3 is 2.26 bits per heavy atom. The summed E-state index contributed by atoms with van der Waals surface area (Å²) in [7, 11) is 5.28.